The monoisotopic (exact) mass is 593 g/mol. The van der Waals surface area contributed by atoms with Gasteiger partial charge >= 0.3 is 5.97 Å². The number of ketones is 1. The number of fused-ring (bicyclic) bond motifs is 2. The van der Waals surface area contributed by atoms with Crippen molar-refractivity contribution in [1.82, 2.24) is 15.6 Å². The molecule has 4 aromatic rings. The van der Waals surface area contributed by atoms with E-state index in [1.54, 1.807) is 0 Å². The first-order chi connectivity index (χ1) is 21.4. The molecule has 3 unspecified atom stereocenters. The van der Waals surface area contributed by atoms with Gasteiger partial charge in [0.25, 0.3) is 0 Å². The molecule has 7 nitrogen and oxygen atoms in total. The van der Waals surface area contributed by atoms with Crippen LogP contribution in [0, 0.1) is 23.7 Å². The van der Waals surface area contributed by atoms with Crippen molar-refractivity contribution in [3.63, 3.8) is 0 Å². The fourth-order valence-electron chi connectivity index (χ4n) is 7.19. The summed E-state index contributed by atoms with van der Waals surface area (Å²) in [5.74, 6) is 0.0929. The number of para-hydroxylation sites is 1. The van der Waals surface area contributed by atoms with Gasteiger partial charge in [0.05, 0.1) is 6.04 Å². The predicted molar refractivity (Wildman–Crippen MR) is 173 cm³/mol. The molecule has 0 radical (unpaired) electrons. The average molecular weight is 594 g/mol. The third-order valence-electron chi connectivity index (χ3n) is 9.75. The average Bonchev–Trinajstić information content (AvgIpc) is 3.44. The van der Waals surface area contributed by atoms with Crippen molar-refractivity contribution in [2.24, 2.45) is 23.7 Å². The van der Waals surface area contributed by atoms with Crippen LogP contribution in [0.3, 0.4) is 0 Å². The molecule has 2 heterocycles. The number of aromatic amines is 1. The highest BCUT2D eigenvalue weighted by molar-refractivity contribution is 5.86. The van der Waals surface area contributed by atoms with Crippen LogP contribution in [-0.2, 0) is 32.0 Å². The third-order valence-corrected chi connectivity index (χ3v) is 9.75. The van der Waals surface area contributed by atoms with Gasteiger partial charge in [0, 0.05) is 41.8 Å². The van der Waals surface area contributed by atoms with E-state index in [1.807, 2.05) is 36.5 Å². The van der Waals surface area contributed by atoms with Crippen molar-refractivity contribution >= 4 is 39.3 Å². The number of nitrogens with one attached hydrogen (secondary N) is 3. The first-order valence-corrected chi connectivity index (χ1v) is 16.2. The normalized spacial score (nSPS) is 20.1. The highest BCUT2D eigenvalue weighted by Crippen LogP contribution is 2.42. The molecule has 1 aromatic heterocycles. The van der Waals surface area contributed by atoms with Gasteiger partial charge in [-0.3, -0.25) is 14.4 Å². The van der Waals surface area contributed by atoms with Crippen LogP contribution in [0.1, 0.15) is 50.2 Å². The number of hydrogen-bond donors (Lipinski definition) is 3. The number of carbonyl (C=O) groups excluding carboxylic acids is 3. The summed E-state index contributed by atoms with van der Waals surface area (Å²) in [6.07, 6.45) is 7.50. The molecule has 1 saturated heterocycles. The second-order valence-electron chi connectivity index (χ2n) is 12.8. The molecule has 1 saturated carbocycles. The molecule has 1 aliphatic heterocycles. The summed E-state index contributed by atoms with van der Waals surface area (Å²) in [4.78, 5) is 42.7. The standard InChI is InChI=1S/C37H43N3O4/c1-24(41)44-23-32(21-31-22-39-35-9-5-4-8-33(31)35)40-37(43)30(19-25-10-11-26-6-2-3-7-28(26)18-25)20-29-12-13-34(29)36(42)27-14-16-38-17-15-27/h2-11,18,22,27,29-30,32,34,38-39H,12-17,19-21,23H2,1H3,(H,40,43)/t29?,30-,32?,34?/m0/s1. The van der Waals surface area contributed by atoms with Crippen molar-refractivity contribution in [2.45, 2.75) is 57.9 Å². The van der Waals surface area contributed by atoms with Gasteiger partial charge in [-0.2, -0.15) is 0 Å². The minimum absolute atomic E-state index is 0.0462. The molecule has 0 bridgehead atoms. The van der Waals surface area contributed by atoms with Crippen LogP contribution in [0.4, 0.5) is 0 Å². The molecule has 230 valence electrons. The number of amides is 1. The number of carbonyl (C=O) groups is 3. The summed E-state index contributed by atoms with van der Waals surface area (Å²) < 4.78 is 5.43. The lowest BCUT2D eigenvalue weighted by Crippen LogP contribution is -2.46. The van der Waals surface area contributed by atoms with E-state index in [4.69, 9.17) is 4.74 Å². The molecule has 2 aliphatic rings. The zero-order valence-electron chi connectivity index (χ0n) is 25.5. The lowest BCUT2D eigenvalue weighted by molar-refractivity contribution is -0.142. The number of piperidine rings is 1. The highest BCUT2D eigenvalue weighted by Gasteiger charge is 2.41. The molecule has 3 aromatic carbocycles. The summed E-state index contributed by atoms with van der Waals surface area (Å²) in [6.45, 7) is 3.30. The minimum Gasteiger partial charge on any atom is -0.464 e. The Hall–Kier alpha value is -3.97. The predicted octanol–water partition coefficient (Wildman–Crippen LogP) is 5.76. The largest absolute Gasteiger partial charge is 0.464 e. The Balaban J connectivity index is 1.22. The Bertz CT molecular complexity index is 1620. The summed E-state index contributed by atoms with van der Waals surface area (Å²) in [7, 11) is 0. The van der Waals surface area contributed by atoms with Gasteiger partial charge in [0.1, 0.15) is 12.4 Å². The molecule has 1 aliphatic carbocycles. The SMILES string of the molecule is CC(=O)OCC(Cc1c[nH]c2ccccc12)NC(=O)[C@@H](Cc1ccc2ccccc2c1)CC1CCC1C(=O)C1CCNCC1. The molecule has 3 N–H and O–H groups in total. The number of Topliss-reactive ketones (excluding diaryl/α,β-unsaturated/α-hetero) is 1. The van der Waals surface area contributed by atoms with Crippen molar-refractivity contribution in [3.8, 4) is 0 Å². The van der Waals surface area contributed by atoms with E-state index >= 15 is 0 Å². The molecule has 4 atom stereocenters. The maximum Gasteiger partial charge on any atom is 0.302 e. The summed E-state index contributed by atoms with van der Waals surface area (Å²) in [6, 6.07) is 22.4. The topological polar surface area (TPSA) is 100 Å². The van der Waals surface area contributed by atoms with Crippen molar-refractivity contribution in [1.29, 1.82) is 0 Å². The maximum absolute atomic E-state index is 14.2. The summed E-state index contributed by atoms with van der Waals surface area (Å²) in [5, 5.41) is 10.1. The Morgan fingerprint density at radius 1 is 0.909 bits per heavy atom. The van der Waals surface area contributed by atoms with Crippen LogP contribution < -0.4 is 10.6 Å². The van der Waals surface area contributed by atoms with Crippen LogP contribution >= 0.6 is 0 Å². The first-order valence-electron chi connectivity index (χ1n) is 16.2. The number of hydrogen-bond acceptors (Lipinski definition) is 5. The van der Waals surface area contributed by atoms with E-state index in [0.29, 0.717) is 25.0 Å². The highest BCUT2D eigenvalue weighted by atomic mass is 16.5. The Kier molecular flexibility index (Phi) is 9.41. The molecular formula is C37H43N3O4. The van der Waals surface area contributed by atoms with E-state index < -0.39 is 0 Å². The molecular weight excluding hydrogens is 550 g/mol. The second-order valence-corrected chi connectivity index (χ2v) is 12.8. The Labute approximate surface area is 259 Å². The first kappa shape index (κ1) is 30.1. The van der Waals surface area contributed by atoms with Crippen molar-refractivity contribution < 1.29 is 19.1 Å². The van der Waals surface area contributed by atoms with Gasteiger partial charge in [-0.05, 0) is 91.9 Å². The summed E-state index contributed by atoms with van der Waals surface area (Å²) >= 11 is 0. The molecule has 44 heavy (non-hydrogen) atoms. The Morgan fingerprint density at radius 3 is 2.45 bits per heavy atom. The van der Waals surface area contributed by atoms with E-state index in [1.165, 1.54) is 12.3 Å². The fraction of sp³-hybridized carbons (Fsp3) is 0.432. The molecule has 1 amide bonds. The second kappa shape index (κ2) is 13.8. The third kappa shape index (κ3) is 7.05. The zero-order chi connectivity index (χ0) is 30.5. The van der Waals surface area contributed by atoms with Crippen LogP contribution in [0.25, 0.3) is 21.7 Å². The summed E-state index contributed by atoms with van der Waals surface area (Å²) in [5.41, 5.74) is 3.21. The minimum atomic E-state index is -0.377. The molecule has 6 rings (SSSR count). The van der Waals surface area contributed by atoms with Gasteiger partial charge in [-0.15, -0.1) is 0 Å². The van der Waals surface area contributed by atoms with E-state index in [2.05, 4.69) is 52.0 Å². The Morgan fingerprint density at radius 2 is 1.68 bits per heavy atom. The van der Waals surface area contributed by atoms with Gasteiger partial charge in [0.15, 0.2) is 0 Å². The number of H-pyrrole nitrogens is 1. The van der Waals surface area contributed by atoms with Gasteiger partial charge in [0.2, 0.25) is 5.91 Å². The smallest absolute Gasteiger partial charge is 0.302 e. The van der Waals surface area contributed by atoms with Crippen LogP contribution in [-0.4, -0.2) is 48.4 Å². The molecule has 2 fully saturated rings. The lowest BCUT2D eigenvalue weighted by Gasteiger charge is -2.40. The number of ether oxygens (including phenoxy) is 1. The fourth-order valence-corrected chi connectivity index (χ4v) is 7.19. The van der Waals surface area contributed by atoms with E-state index in [0.717, 1.165) is 66.2 Å². The van der Waals surface area contributed by atoms with Gasteiger partial charge in [-0.1, -0.05) is 60.7 Å². The number of rotatable bonds is 12. The van der Waals surface area contributed by atoms with Crippen LogP contribution in [0.2, 0.25) is 0 Å². The lowest BCUT2D eigenvalue weighted by atomic mass is 9.64. The maximum atomic E-state index is 14.2. The van der Waals surface area contributed by atoms with E-state index in [9.17, 15) is 14.4 Å². The number of esters is 1. The molecule has 7 heteroatoms. The van der Waals surface area contributed by atoms with Gasteiger partial charge < -0.3 is 20.4 Å². The molecule has 0 spiro atoms. The van der Waals surface area contributed by atoms with Gasteiger partial charge in [-0.25, -0.2) is 0 Å². The zero-order valence-corrected chi connectivity index (χ0v) is 25.5. The quantitative estimate of drug-likeness (QED) is 0.182. The van der Waals surface area contributed by atoms with Crippen molar-refractivity contribution in [3.05, 3.63) is 84.1 Å². The van der Waals surface area contributed by atoms with Crippen molar-refractivity contribution in [2.75, 3.05) is 19.7 Å². The van der Waals surface area contributed by atoms with Crippen LogP contribution in [0.5, 0.6) is 0 Å². The van der Waals surface area contributed by atoms with E-state index in [-0.39, 0.29) is 48.2 Å². The number of benzene rings is 3. The van der Waals surface area contributed by atoms with Crippen LogP contribution in [0.15, 0.2) is 72.9 Å². The number of aromatic nitrogens is 1.